The van der Waals surface area contributed by atoms with Crippen LogP contribution in [0.25, 0.3) is 0 Å². The zero-order valence-electron chi connectivity index (χ0n) is 17.4. The van der Waals surface area contributed by atoms with Crippen LogP contribution in [0.4, 0.5) is 25.0 Å². The fourth-order valence-corrected chi connectivity index (χ4v) is 5.25. The van der Waals surface area contributed by atoms with Gasteiger partial charge in [0, 0.05) is 32.5 Å². The molecule has 1 saturated heterocycles. The number of amides is 2. The first-order chi connectivity index (χ1) is 15.8. The average Bonchev–Trinajstić information content (AvgIpc) is 3.00. The Morgan fingerprint density at radius 2 is 1.39 bits per heavy atom. The molecule has 1 saturated carbocycles. The van der Waals surface area contributed by atoms with Gasteiger partial charge in [-0.25, -0.2) is 13.6 Å². The van der Waals surface area contributed by atoms with Crippen LogP contribution >= 0.6 is 23.2 Å². The number of hydrogen-bond donors (Lipinski definition) is 1. The van der Waals surface area contributed by atoms with Crippen molar-refractivity contribution in [2.75, 3.05) is 9.80 Å². The number of halogens is 4. The molecule has 2 amide bonds. The number of carbonyl (C=O) groups is 1. The first kappa shape index (κ1) is 22.1. The monoisotopic (exact) mass is 488 g/mol. The summed E-state index contributed by atoms with van der Waals surface area (Å²) in [6.07, 6.45) is -0.927. The lowest BCUT2D eigenvalue weighted by Gasteiger charge is -2.52. The second-order valence-electron chi connectivity index (χ2n) is 8.39. The number of anilines is 2. The van der Waals surface area contributed by atoms with Crippen molar-refractivity contribution in [1.29, 1.82) is 0 Å². The van der Waals surface area contributed by atoms with Gasteiger partial charge < -0.3 is 5.11 Å². The van der Waals surface area contributed by atoms with Crippen LogP contribution in [-0.2, 0) is 5.72 Å². The van der Waals surface area contributed by atoms with Gasteiger partial charge >= 0.3 is 6.03 Å². The molecule has 1 unspecified atom stereocenters. The zero-order valence-corrected chi connectivity index (χ0v) is 18.9. The smallest absolute Gasteiger partial charge is 0.332 e. The maximum Gasteiger partial charge on any atom is 0.332 e. The van der Waals surface area contributed by atoms with Crippen LogP contribution in [-0.4, -0.2) is 16.7 Å². The van der Waals surface area contributed by atoms with E-state index in [1.807, 2.05) is 0 Å². The second kappa shape index (κ2) is 7.97. The predicted molar refractivity (Wildman–Crippen MR) is 125 cm³/mol. The molecule has 3 aromatic carbocycles. The van der Waals surface area contributed by atoms with Crippen LogP contribution < -0.4 is 9.80 Å². The van der Waals surface area contributed by atoms with E-state index in [0.717, 1.165) is 6.42 Å². The summed E-state index contributed by atoms with van der Waals surface area (Å²) in [4.78, 5) is 16.8. The summed E-state index contributed by atoms with van der Waals surface area (Å²) in [5, 5.41) is 13.4. The Morgan fingerprint density at radius 1 is 0.848 bits per heavy atom. The van der Waals surface area contributed by atoms with Gasteiger partial charge in [-0.05, 0) is 73.9 Å². The molecule has 1 aliphatic heterocycles. The van der Waals surface area contributed by atoms with Crippen LogP contribution in [0.1, 0.15) is 36.8 Å². The normalized spacial score (nSPS) is 21.7. The van der Waals surface area contributed by atoms with Crippen molar-refractivity contribution in [2.24, 2.45) is 0 Å². The summed E-state index contributed by atoms with van der Waals surface area (Å²) in [5.41, 5.74) is -1.93. The summed E-state index contributed by atoms with van der Waals surface area (Å²) in [6.45, 7) is 0. The van der Waals surface area contributed by atoms with Gasteiger partial charge in [-0.15, -0.1) is 0 Å². The number of alkyl halides is 2. The Balaban J connectivity index is 1.76. The molecule has 33 heavy (non-hydrogen) atoms. The molecule has 4 nitrogen and oxygen atoms in total. The molecule has 5 rings (SSSR count). The number of nitrogens with zero attached hydrogens (tertiary/aromatic N) is 2. The topological polar surface area (TPSA) is 43.8 Å². The van der Waals surface area contributed by atoms with E-state index in [2.05, 4.69) is 0 Å². The number of urea groups is 1. The summed E-state index contributed by atoms with van der Waals surface area (Å²) in [7, 11) is 0. The molecule has 2 aliphatic rings. The number of hydrogen-bond acceptors (Lipinski definition) is 2. The minimum Gasteiger partial charge on any atom is -0.364 e. The lowest BCUT2D eigenvalue weighted by Crippen LogP contribution is -2.63. The lowest BCUT2D eigenvalue weighted by molar-refractivity contribution is -0.0526. The molecular formula is C25H20Cl2F2N2O2. The quantitative estimate of drug-likeness (QED) is 0.423. The third-order valence-electron chi connectivity index (χ3n) is 6.67. The fraction of sp³-hybridized carbons (Fsp3) is 0.240. The van der Waals surface area contributed by atoms with E-state index in [9.17, 15) is 18.7 Å². The van der Waals surface area contributed by atoms with E-state index in [-0.39, 0.29) is 11.1 Å². The van der Waals surface area contributed by atoms with E-state index in [1.54, 1.807) is 59.5 Å². The van der Waals surface area contributed by atoms with Crippen molar-refractivity contribution in [2.45, 2.75) is 37.0 Å². The Morgan fingerprint density at radius 3 is 1.88 bits per heavy atom. The maximum atomic E-state index is 14.0. The highest BCUT2D eigenvalue weighted by atomic mass is 35.5. The average molecular weight is 489 g/mol. The zero-order chi connectivity index (χ0) is 23.4. The highest BCUT2D eigenvalue weighted by molar-refractivity contribution is 6.31. The van der Waals surface area contributed by atoms with Gasteiger partial charge in [-0.2, -0.15) is 0 Å². The van der Waals surface area contributed by atoms with Gasteiger partial charge in [-0.1, -0.05) is 41.4 Å². The molecule has 3 aromatic rings. The van der Waals surface area contributed by atoms with Gasteiger partial charge in [0.25, 0.3) is 6.43 Å². The minimum absolute atomic E-state index is 0.219. The van der Waals surface area contributed by atoms with Crippen molar-refractivity contribution in [3.8, 4) is 0 Å². The Bertz CT molecular complexity index is 1200. The molecule has 0 bridgehead atoms. The van der Waals surface area contributed by atoms with E-state index < -0.39 is 23.7 Å². The van der Waals surface area contributed by atoms with Gasteiger partial charge in [0.2, 0.25) is 0 Å². The van der Waals surface area contributed by atoms with E-state index >= 15 is 0 Å². The van der Waals surface area contributed by atoms with Crippen LogP contribution in [0, 0.1) is 0 Å². The first-order valence-corrected chi connectivity index (χ1v) is 11.3. The van der Waals surface area contributed by atoms with Crippen molar-refractivity contribution >= 4 is 40.6 Å². The molecule has 0 radical (unpaired) electrons. The second-order valence-corrected chi connectivity index (χ2v) is 9.26. The van der Waals surface area contributed by atoms with Crippen molar-refractivity contribution in [3.05, 3.63) is 94.0 Å². The van der Waals surface area contributed by atoms with Gasteiger partial charge in [-0.3, -0.25) is 9.80 Å². The number of aliphatic hydroxyl groups is 1. The number of benzene rings is 3. The Hall–Kier alpha value is -2.67. The largest absolute Gasteiger partial charge is 0.364 e. The Kier molecular flexibility index (Phi) is 5.35. The standard InChI is InChI=1S/C25H20Cl2F2N2O2/c26-18-5-9-20(10-6-18)30-23(32)31(21-11-7-19(27)8-12-21)25(33,24(30)13-2-14-24)17-4-1-3-16(15-17)22(28)29/h1,3-12,15,22,33H,2,13-14H2. The summed E-state index contributed by atoms with van der Waals surface area (Å²) in [6, 6.07) is 18.5. The molecule has 1 spiro atoms. The molecular weight excluding hydrogens is 469 g/mol. The van der Waals surface area contributed by atoms with Crippen LogP contribution in [0.3, 0.4) is 0 Å². The van der Waals surface area contributed by atoms with E-state index in [0.29, 0.717) is 34.3 Å². The van der Waals surface area contributed by atoms with Crippen molar-refractivity contribution in [3.63, 3.8) is 0 Å². The molecule has 8 heteroatoms. The molecule has 1 aliphatic carbocycles. The summed E-state index contributed by atoms with van der Waals surface area (Å²) >= 11 is 12.1. The summed E-state index contributed by atoms with van der Waals surface area (Å²) in [5.74, 6) is 0. The molecule has 0 aromatic heterocycles. The van der Waals surface area contributed by atoms with Crippen LogP contribution in [0.5, 0.6) is 0 Å². The SMILES string of the molecule is O=C1N(c2ccc(Cl)cc2)C2(CCC2)C(O)(c2cccc(C(F)F)c2)N1c1ccc(Cl)cc1. The highest BCUT2D eigenvalue weighted by Gasteiger charge is 2.70. The molecule has 1 N–H and O–H groups in total. The van der Waals surface area contributed by atoms with E-state index in [4.69, 9.17) is 23.2 Å². The third-order valence-corrected chi connectivity index (χ3v) is 7.18. The lowest BCUT2D eigenvalue weighted by atomic mass is 9.66. The van der Waals surface area contributed by atoms with Crippen LogP contribution in [0.15, 0.2) is 72.8 Å². The first-order valence-electron chi connectivity index (χ1n) is 10.5. The Labute approximate surface area is 200 Å². The third kappa shape index (κ3) is 3.23. The highest BCUT2D eigenvalue weighted by Crippen LogP contribution is 2.59. The van der Waals surface area contributed by atoms with Gasteiger partial charge in [0.05, 0.1) is 0 Å². The minimum atomic E-state index is -2.71. The van der Waals surface area contributed by atoms with Gasteiger partial charge in [0.1, 0.15) is 5.54 Å². The van der Waals surface area contributed by atoms with Crippen molar-refractivity contribution in [1.82, 2.24) is 0 Å². The van der Waals surface area contributed by atoms with Gasteiger partial charge in [0.15, 0.2) is 5.72 Å². The summed E-state index contributed by atoms with van der Waals surface area (Å²) < 4.78 is 27.1. The van der Waals surface area contributed by atoms with Crippen molar-refractivity contribution < 1.29 is 18.7 Å². The molecule has 170 valence electrons. The fourth-order valence-electron chi connectivity index (χ4n) is 4.99. The predicted octanol–water partition coefficient (Wildman–Crippen LogP) is 7.15. The number of carbonyl (C=O) groups excluding carboxylic acids is 1. The number of rotatable bonds is 4. The molecule has 2 fully saturated rings. The van der Waals surface area contributed by atoms with E-state index in [1.165, 1.54) is 23.1 Å². The molecule has 1 atom stereocenters. The maximum absolute atomic E-state index is 14.0. The molecule has 1 heterocycles. The van der Waals surface area contributed by atoms with Crippen LogP contribution in [0.2, 0.25) is 10.0 Å².